The van der Waals surface area contributed by atoms with E-state index < -0.39 is 33.5 Å². The zero-order chi connectivity index (χ0) is 23.4. The van der Waals surface area contributed by atoms with E-state index in [0.29, 0.717) is 25.3 Å². The first-order valence-corrected chi connectivity index (χ1v) is 12.9. The van der Waals surface area contributed by atoms with Crippen molar-refractivity contribution in [2.24, 2.45) is 0 Å². The van der Waals surface area contributed by atoms with Gasteiger partial charge in [0.05, 0.1) is 25.0 Å². The lowest BCUT2D eigenvalue weighted by Crippen LogP contribution is -2.60. The minimum Gasteiger partial charge on any atom is -0.473 e. The summed E-state index contributed by atoms with van der Waals surface area (Å²) in [4.78, 5) is 14.0. The SMILES string of the molecule is [B]C([B])([B])OC(=O)N1CCC[C@H](NS(C)(=O)=O)[C@@H]1COC1CCC(c2ccccc2)CC1. The van der Waals surface area contributed by atoms with Crippen LogP contribution in [0.3, 0.4) is 0 Å². The van der Waals surface area contributed by atoms with Crippen LogP contribution in [-0.4, -0.2) is 85.8 Å². The summed E-state index contributed by atoms with van der Waals surface area (Å²) < 4.78 is 37.5. The molecule has 1 saturated carbocycles. The Labute approximate surface area is 195 Å². The Morgan fingerprint density at radius 1 is 1.12 bits per heavy atom. The van der Waals surface area contributed by atoms with Gasteiger partial charge in [-0.05, 0) is 55.3 Å². The number of nitrogens with zero attached hydrogens (tertiary/aromatic N) is 1. The first kappa shape index (κ1) is 25.2. The van der Waals surface area contributed by atoms with Crippen LogP contribution < -0.4 is 4.72 Å². The van der Waals surface area contributed by atoms with Crippen molar-refractivity contribution < 1.29 is 22.7 Å². The van der Waals surface area contributed by atoms with Crippen LogP contribution in [0, 0.1) is 0 Å². The molecule has 1 amide bonds. The molecule has 2 aliphatic rings. The molecule has 0 unspecified atom stereocenters. The average molecular weight is 454 g/mol. The molecule has 7 nitrogen and oxygen atoms in total. The van der Waals surface area contributed by atoms with E-state index in [2.05, 4.69) is 29.0 Å². The van der Waals surface area contributed by atoms with Crippen LogP contribution in [0.25, 0.3) is 0 Å². The Morgan fingerprint density at radius 3 is 2.38 bits per heavy atom. The van der Waals surface area contributed by atoms with Crippen molar-refractivity contribution in [3.8, 4) is 0 Å². The summed E-state index contributed by atoms with van der Waals surface area (Å²) in [6, 6.07) is 9.39. The molecule has 3 rings (SSSR count). The van der Waals surface area contributed by atoms with Crippen LogP contribution in [0.2, 0.25) is 0 Å². The highest BCUT2D eigenvalue weighted by Gasteiger charge is 2.38. The van der Waals surface area contributed by atoms with Crippen molar-refractivity contribution >= 4 is 39.7 Å². The van der Waals surface area contributed by atoms with Gasteiger partial charge in [-0.2, -0.15) is 0 Å². The second-order valence-electron chi connectivity index (χ2n) is 8.84. The van der Waals surface area contributed by atoms with Gasteiger partial charge in [0.2, 0.25) is 10.0 Å². The molecule has 1 saturated heterocycles. The van der Waals surface area contributed by atoms with E-state index in [9.17, 15) is 13.2 Å². The summed E-state index contributed by atoms with van der Waals surface area (Å²) in [6.07, 6.45) is 5.36. The van der Waals surface area contributed by atoms with E-state index in [1.807, 2.05) is 6.07 Å². The summed E-state index contributed by atoms with van der Waals surface area (Å²) in [5, 5.41) is -2.12. The molecular weight excluding hydrogens is 425 g/mol. The average Bonchev–Trinajstić information content (AvgIpc) is 2.71. The molecule has 0 bridgehead atoms. The molecule has 2 atom stereocenters. The minimum atomic E-state index is -3.48. The van der Waals surface area contributed by atoms with Gasteiger partial charge in [0, 0.05) is 12.6 Å². The number of carbonyl (C=O) groups excluding carboxylic acids is 1. The number of piperidine rings is 1. The molecule has 6 radical (unpaired) electrons. The van der Waals surface area contributed by atoms with Crippen molar-refractivity contribution in [2.45, 2.75) is 67.9 Å². The van der Waals surface area contributed by atoms with Crippen molar-refractivity contribution in [1.82, 2.24) is 9.62 Å². The molecule has 1 N–H and O–H groups in total. The number of benzene rings is 1. The molecule has 32 heavy (non-hydrogen) atoms. The predicted octanol–water partition coefficient (Wildman–Crippen LogP) is 1.37. The quantitative estimate of drug-likeness (QED) is 0.630. The van der Waals surface area contributed by atoms with Gasteiger partial charge in [0.25, 0.3) is 0 Å². The summed E-state index contributed by atoms with van der Waals surface area (Å²) in [5.74, 6) is 0.517. The van der Waals surface area contributed by atoms with Gasteiger partial charge in [-0.1, -0.05) is 30.3 Å². The maximum atomic E-state index is 12.6. The molecule has 168 valence electrons. The number of ether oxygens (including phenoxy) is 2. The highest BCUT2D eigenvalue weighted by molar-refractivity contribution is 7.88. The molecular formula is C21H29B3N2O5S. The van der Waals surface area contributed by atoms with Crippen molar-refractivity contribution in [3.05, 3.63) is 35.9 Å². The smallest absolute Gasteiger partial charge is 0.408 e. The number of hydrogen-bond donors (Lipinski definition) is 1. The van der Waals surface area contributed by atoms with Crippen molar-refractivity contribution in [2.75, 3.05) is 19.4 Å². The summed E-state index contributed by atoms with van der Waals surface area (Å²) >= 11 is 0. The largest absolute Gasteiger partial charge is 0.473 e. The first-order chi connectivity index (χ1) is 15.0. The maximum absolute atomic E-state index is 12.6. The first-order valence-electron chi connectivity index (χ1n) is 11.0. The number of sulfonamides is 1. The third-order valence-corrected chi connectivity index (χ3v) is 6.82. The Morgan fingerprint density at radius 2 is 1.78 bits per heavy atom. The summed E-state index contributed by atoms with van der Waals surface area (Å²) in [6.45, 7) is 0.543. The molecule has 1 aromatic carbocycles. The number of rotatable bonds is 7. The maximum Gasteiger partial charge on any atom is 0.408 e. The minimum absolute atomic E-state index is 0.0475. The predicted molar refractivity (Wildman–Crippen MR) is 125 cm³/mol. The van der Waals surface area contributed by atoms with E-state index in [1.165, 1.54) is 10.5 Å². The number of nitrogens with one attached hydrogen (secondary N) is 1. The molecule has 1 aliphatic heterocycles. The Bertz CT molecular complexity index is 858. The van der Waals surface area contributed by atoms with Crippen LogP contribution in [0.1, 0.15) is 50.0 Å². The Kier molecular flexibility index (Phi) is 8.39. The van der Waals surface area contributed by atoms with Gasteiger partial charge < -0.3 is 14.4 Å². The summed E-state index contributed by atoms with van der Waals surface area (Å²) in [5.41, 5.74) is 1.35. The Hall–Kier alpha value is -1.45. The molecule has 0 spiro atoms. The Balaban J connectivity index is 1.63. The topological polar surface area (TPSA) is 84.9 Å². The molecule has 1 aliphatic carbocycles. The van der Waals surface area contributed by atoms with E-state index in [0.717, 1.165) is 31.9 Å². The van der Waals surface area contributed by atoms with E-state index in [4.69, 9.17) is 33.0 Å². The van der Waals surface area contributed by atoms with Crippen LogP contribution in [0.5, 0.6) is 0 Å². The third-order valence-electron chi connectivity index (χ3n) is 6.09. The summed E-state index contributed by atoms with van der Waals surface area (Å²) in [7, 11) is 12.8. The monoisotopic (exact) mass is 454 g/mol. The lowest BCUT2D eigenvalue weighted by molar-refractivity contribution is -0.0270. The van der Waals surface area contributed by atoms with Gasteiger partial charge in [0.15, 0.2) is 0 Å². The number of amides is 1. The normalized spacial score (nSPS) is 27.1. The molecule has 2 fully saturated rings. The molecule has 11 heteroatoms. The van der Waals surface area contributed by atoms with E-state index in [-0.39, 0.29) is 12.7 Å². The third kappa shape index (κ3) is 7.56. The highest BCUT2D eigenvalue weighted by atomic mass is 32.2. The lowest BCUT2D eigenvalue weighted by atomic mass is 9.52. The zero-order valence-corrected chi connectivity index (χ0v) is 19.3. The van der Waals surface area contributed by atoms with Crippen molar-refractivity contribution in [3.63, 3.8) is 0 Å². The van der Waals surface area contributed by atoms with Gasteiger partial charge in [0.1, 0.15) is 23.5 Å². The molecule has 1 aromatic rings. The zero-order valence-electron chi connectivity index (χ0n) is 18.5. The molecule has 0 aromatic heterocycles. The fourth-order valence-electron chi connectivity index (χ4n) is 4.63. The van der Waals surface area contributed by atoms with E-state index >= 15 is 0 Å². The van der Waals surface area contributed by atoms with Crippen LogP contribution in [-0.2, 0) is 19.5 Å². The lowest BCUT2D eigenvalue weighted by Gasteiger charge is -2.42. The van der Waals surface area contributed by atoms with Crippen molar-refractivity contribution in [1.29, 1.82) is 0 Å². The number of carbonyl (C=O) groups is 1. The van der Waals surface area contributed by atoms with Crippen LogP contribution >= 0.6 is 0 Å². The number of hydrogen-bond acceptors (Lipinski definition) is 5. The fraction of sp³-hybridized carbons (Fsp3) is 0.667. The number of likely N-dealkylation sites (tertiary alicyclic amines) is 1. The second kappa shape index (κ2) is 10.7. The standard InChI is InChI=1S/C21H29B3N2O5S/c1-32(28,29)25-18-8-5-13-26(20(27)31-21(22,23)24)19(18)14-30-17-11-9-16(10-12-17)15-6-3-2-4-7-15/h2-4,6-7,16-19,25H,5,8-14H2,1H3/t16?,17?,18-,19-/m0/s1. The van der Waals surface area contributed by atoms with Gasteiger partial charge >= 0.3 is 6.09 Å². The van der Waals surface area contributed by atoms with Crippen LogP contribution in [0.4, 0.5) is 4.79 Å². The van der Waals surface area contributed by atoms with Gasteiger partial charge in [-0.3, -0.25) is 0 Å². The fourth-order valence-corrected chi connectivity index (χ4v) is 5.46. The van der Waals surface area contributed by atoms with E-state index in [1.54, 1.807) is 0 Å². The molecule has 1 heterocycles. The van der Waals surface area contributed by atoms with Gasteiger partial charge in [-0.25, -0.2) is 17.9 Å². The van der Waals surface area contributed by atoms with Gasteiger partial charge in [-0.15, -0.1) is 0 Å². The highest BCUT2D eigenvalue weighted by Crippen LogP contribution is 2.34. The van der Waals surface area contributed by atoms with Crippen LogP contribution in [0.15, 0.2) is 30.3 Å². The second-order valence-corrected chi connectivity index (χ2v) is 10.6.